The molecule has 1 heterocycles. The van der Waals surface area contributed by atoms with Crippen molar-refractivity contribution >= 4 is 26.0 Å². The van der Waals surface area contributed by atoms with Crippen LogP contribution in [0.25, 0.3) is 0 Å². The molecular weight excluding hydrogens is 336 g/mol. The van der Waals surface area contributed by atoms with E-state index in [1.54, 1.807) is 0 Å². The van der Waals surface area contributed by atoms with Crippen LogP contribution < -0.4 is 10.0 Å². The Morgan fingerprint density at radius 1 is 1.42 bits per heavy atom. The lowest BCUT2D eigenvalue weighted by atomic mass is 10.4. The molecule has 0 aromatic carbocycles. The third-order valence-corrected chi connectivity index (χ3v) is 4.61. The summed E-state index contributed by atoms with van der Waals surface area (Å²) in [6, 6.07) is 1.51. The molecule has 1 aromatic rings. The largest absolute Gasteiger partial charge is 0.452 e. The number of nitrogens with one attached hydrogen (secondary N) is 2. The van der Waals surface area contributed by atoms with Crippen molar-refractivity contribution in [3.05, 3.63) is 16.5 Å². The molecule has 0 saturated carbocycles. The zero-order chi connectivity index (χ0) is 14.3. The fraction of sp³-hybridized carbons (Fsp3) is 0.636. The maximum absolute atomic E-state index is 12.0. The molecule has 0 spiro atoms. The highest BCUT2D eigenvalue weighted by molar-refractivity contribution is 9.10. The fourth-order valence-electron chi connectivity index (χ4n) is 1.39. The van der Waals surface area contributed by atoms with Crippen LogP contribution in [0.5, 0.6) is 0 Å². The van der Waals surface area contributed by atoms with Gasteiger partial charge < -0.3 is 14.5 Å². The first-order valence-electron chi connectivity index (χ1n) is 6.07. The van der Waals surface area contributed by atoms with Crippen molar-refractivity contribution in [3.63, 3.8) is 0 Å². The van der Waals surface area contributed by atoms with E-state index in [0.717, 1.165) is 6.54 Å². The minimum Gasteiger partial charge on any atom is -0.452 e. The van der Waals surface area contributed by atoms with Crippen molar-refractivity contribution in [2.75, 3.05) is 26.3 Å². The predicted octanol–water partition coefficient (Wildman–Crippen LogP) is 1.47. The van der Waals surface area contributed by atoms with Crippen LogP contribution in [0.1, 0.15) is 19.6 Å². The van der Waals surface area contributed by atoms with Gasteiger partial charge >= 0.3 is 0 Å². The highest BCUT2D eigenvalue weighted by Crippen LogP contribution is 2.25. The Balaban J connectivity index is 2.69. The van der Waals surface area contributed by atoms with E-state index >= 15 is 0 Å². The standard InChI is InChI=1S/C11H19BrN2O4S/c1-3-13-8-9-7-10(11(12)18-9)19(15,16)14-5-6-17-4-2/h7,13-14H,3-6,8H2,1-2H3. The Morgan fingerprint density at radius 3 is 2.79 bits per heavy atom. The molecule has 0 unspecified atom stereocenters. The summed E-state index contributed by atoms with van der Waals surface area (Å²) in [4.78, 5) is 0.108. The van der Waals surface area contributed by atoms with Gasteiger partial charge in [0.1, 0.15) is 10.7 Å². The molecule has 0 radical (unpaired) electrons. The van der Waals surface area contributed by atoms with Gasteiger partial charge in [-0.25, -0.2) is 13.1 Å². The maximum atomic E-state index is 12.0. The zero-order valence-corrected chi connectivity index (χ0v) is 13.4. The molecule has 8 heteroatoms. The van der Waals surface area contributed by atoms with Crippen LogP contribution in [-0.4, -0.2) is 34.7 Å². The van der Waals surface area contributed by atoms with Crippen LogP contribution in [0, 0.1) is 0 Å². The van der Waals surface area contributed by atoms with Crippen LogP contribution in [0.4, 0.5) is 0 Å². The lowest BCUT2D eigenvalue weighted by molar-refractivity contribution is 0.153. The first-order valence-corrected chi connectivity index (χ1v) is 8.35. The Labute approximate surface area is 122 Å². The van der Waals surface area contributed by atoms with E-state index in [9.17, 15) is 8.42 Å². The molecule has 2 N–H and O–H groups in total. The van der Waals surface area contributed by atoms with Crippen molar-refractivity contribution < 1.29 is 17.6 Å². The Hall–Kier alpha value is -0.410. The summed E-state index contributed by atoms with van der Waals surface area (Å²) in [7, 11) is -3.57. The van der Waals surface area contributed by atoms with E-state index < -0.39 is 10.0 Å². The highest BCUT2D eigenvalue weighted by atomic mass is 79.9. The molecule has 6 nitrogen and oxygen atoms in total. The Kier molecular flexibility index (Phi) is 7.01. The van der Waals surface area contributed by atoms with E-state index in [-0.39, 0.29) is 16.1 Å². The Bertz CT molecular complexity index is 487. The number of rotatable bonds is 9. The molecule has 0 amide bonds. The first kappa shape index (κ1) is 16.6. The van der Waals surface area contributed by atoms with Gasteiger partial charge in [-0.15, -0.1) is 0 Å². The molecular formula is C11H19BrN2O4S. The van der Waals surface area contributed by atoms with Crippen LogP contribution in [0.2, 0.25) is 0 Å². The lowest BCUT2D eigenvalue weighted by Gasteiger charge is -2.04. The third-order valence-electron chi connectivity index (χ3n) is 2.29. The molecule has 19 heavy (non-hydrogen) atoms. The second kappa shape index (κ2) is 8.01. The number of sulfonamides is 1. The van der Waals surface area contributed by atoms with Crippen LogP contribution in [0.3, 0.4) is 0 Å². The second-order valence-corrected chi connectivity index (χ2v) is 6.18. The molecule has 1 aromatic heterocycles. The smallest absolute Gasteiger partial charge is 0.245 e. The van der Waals surface area contributed by atoms with Gasteiger partial charge in [-0.1, -0.05) is 6.92 Å². The number of hydrogen-bond donors (Lipinski definition) is 2. The van der Waals surface area contributed by atoms with Crippen molar-refractivity contribution in [1.82, 2.24) is 10.0 Å². The summed E-state index contributed by atoms with van der Waals surface area (Å²) in [5.74, 6) is 0.568. The van der Waals surface area contributed by atoms with Crippen LogP contribution in [0.15, 0.2) is 20.0 Å². The number of furan rings is 1. The second-order valence-electron chi connectivity index (χ2n) is 3.73. The molecule has 0 aliphatic rings. The molecule has 0 aliphatic carbocycles. The van der Waals surface area contributed by atoms with Gasteiger partial charge in [0.2, 0.25) is 10.0 Å². The van der Waals surface area contributed by atoms with Crippen molar-refractivity contribution in [2.24, 2.45) is 0 Å². The monoisotopic (exact) mass is 354 g/mol. The van der Waals surface area contributed by atoms with Gasteiger partial charge in [0.05, 0.1) is 13.2 Å². The average Bonchev–Trinajstić information content (AvgIpc) is 2.74. The molecule has 0 bridgehead atoms. The fourth-order valence-corrected chi connectivity index (χ4v) is 3.40. The quantitative estimate of drug-likeness (QED) is 0.656. The molecule has 0 atom stereocenters. The van der Waals surface area contributed by atoms with Gasteiger partial charge in [-0.2, -0.15) is 0 Å². The number of halogens is 1. The summed E-state index contributed by atoms with van der Waals surface area (Å²) >= 11 is 3.12. The number of hydrogen-bond acceptors (Lipinski definition) is 5. The van der Waals surface area contributed by atoms with Gasteiger partial charge in [0.25, 0.3) is 0 Å². The van der Waals surface area contributed by atoms with E-state index in [4.69, 9.17) is 9.15 Å². The van der Waals surface area contributed by atoms with Crippen LogP contribution >= 0.6 is 15.9 Å². The summed E-state index contributed by atoms with van der Waals surface area (Å²) in [5.41, 5.74) is 0. The van der Waals surface area contributed by atoms with Crippen molar-refractivity contribution in [1.29, 1.82) is 0 Å². The summed E-state index contributed by atoms with van der Waals surface area (Å²) in [5, 5.41) is 3.07. The van der Waals surface area contributed by atoms with E-state index in [0.29, 0.717) is 25.5 Å². The highest BCUT2D eigenvalue weighted by Gasteiger charge is 2.21. The summed E-state index contributed by atoms with van der Waals surface area (Å²) in [6.07, 6.45) is 0. The van der Waals surface area contributed by atoms with E-state index in [1.165, 1.54) is 6.07 Å². The number of ether oxygens (including phenoxy) is 1. The normalized spacial score (nSPS) is 11.9. The third kappa shape index (κ3) is 5.23. The molecule has 0 fully saturated rings. The Morgan fingerprint density at radius 2 is 2.16 bits per heavy atom. The van der Waals surface area contributed by atoms with Gasteiger partial charge in [0.15, 0.2) is 4.67 Å². The lowest BCUT2D eigenvalue weighted by Crippen LogP contribution is -2.27. The van der Waals surface area contributed by atoms with Gasteiger partial charge in [-0.3, -0.25) is 0 Å². The minimum absolute atomic E-state index is 0.108. The van der Waals surface area contributed by atoms with Crippen molar-refractivity contribution in [2.45, 2.75) is 25.3 Å². The van der Waals surface area contributed by atoms with Gasteiger partial charge in [-0.05, 0) is 29.4 Å². The summed E-state index contributed by atoms with van der Waals surface area (Å²) in [6.45, 7) is 6.23. The minimum atomic E-state index is -3.57. The van der Waals surface area contributed by atoms with Crippen molar-refractivity contribution in [3.8, 4) is 0 Å². The average molecular weight is 355 g/mol. The molecule has 0 aliphatic heterocycles. The van der Waals surface area contributed by atoms with E-state index in [1.807, 2.05) is 13.8 Å². The molecule has 1 rings (SSSR count). The maximum Gasteiger partial charge on any atom is 0.245 e. The predicted molar refractivity (Wildman–Crippen MR) is 75.5 cm³/mol. The summed E-state index contributed by atoms with van der Waals surface area (Å²) < 4.78 is 37.1. The van der Waals surface area contributed by atoms with Gasteiger partial charge in [0, 0.05) is 19.2 Å². The SMILES string of the molecule is CCNCc1cc(S(=O)(=O)NCCOCC)c(Br)o1. The first-order chi connectivity index (χ1) is 9.01. The molecule has 0 saturated heterocycles. The van der Waals surface area contributed by atoms with E-state index in [2.05, 4.69) is 26.0 Å². The molecule has 110 valence electrons. The zero-order valence-electron chi connectivity index (χ0n) is 11.0. The topological polar surface area (TPSA) is 80.6 Å². The van der Waals surface area contributed by atoms with Crippen LogP contribution in [-0.2, 0) is 21.3 Å².